The van der Waals surface area contributed by atoms with Crippen molar-refractivity contribution in [1.29, 1.82) is 0 Å². The highest BCUT2D eigenvalue weighted by Crippen LogP contribution is 2.19. The van der Waals surface area contributed by atoms with Crippen molar-refractivity contribution in [3.63, 3.8) is 0 Å². The van der Waals surface area contributed by atoms with Crippen molar-refractivity contribution in [2.24, 2.45) is 0 Å². The molecular formula is C18H24N4O2. The van der Waals surface area contributed by atoms with Crippen LogP contribution in [0.25, 0.3) is 0 Å². The molecule has 1 aromatic heterocycles. The van der Waals surface area contributed by atoms with Gasteiger partial charge in [-0.3, -0.25) is 0 Å². The molecule has 2 aromatic rings. The van der Waals surface area contributed by atoms with E-state index in [1.54, 1.807) is 0 Å². The largest absolute Gasteiger partial charge is 0.360 e. The molecule has 2 amide bonds. The van der Waals surface area contributed by atoms with Gasteiger partial charge in [0.05, 0.1) is 0 Å². The summed E-state index contributed by atoms with van der Waals surface area (Å²) in [5.74, 6) is 2.13. The predicted octanol–water partition coefficient (Wildman–Crippen LogP) is 3.46. The molecule has 0 radical (unpaired) electrons. The molecule has 1 aliphatic heterocycles. The summed E-state index contributed by atoms with van der Waals surface area (Å²) in [4.78, 5) is 16.4. The van der Waals surface area contributed by atoms with Gasteiger partial charge >= 0.3 is 6.03 Å². The standard InChI is InChI=1S/C18H24N4O2/c1-13(2)15-4-6-16(7-5-15)19-18(23)22-10-8-21(9-11-22)17-12-14(3)24-20-17/h4-7,12-13H,8-11H2,1-3H3,(H,19,23). The van der Waals surface area contributed by atoms with E-state index in [4.69, 9.17) is 4.52 Å². The number of amides is 2. The second-order valence-electron chi connectivity index (χ2n) is 6.48. The molecule has 2 heterocycles. The predicted molar refractivity (Wildman–Crippen MR) is 94.6 cm³/mol. The maximum Gasteiger partial charge on any atom is 0.321 e. The van der Waals surface area contributed by atoms with Gasteiger partial charge in [0.1, 0.15) is 5.76 Å². The Kier molecular flexibility index (Phi) is 4.74. The Morgan fingerprint density at radius 2 is 1.83 bits per heavy atom. The Hall–Kier alpha value is -2.50. The molecule has 0 unspecified atom stereocenters. The third-order valence-corrected chi connectivity index (χ3v) is 4.34. The van der Waals surface area contributed by atoms with E-state index in [1.807, 2.05) is 30.0 Å². The highest BCUT2D eigenvalue weighted by molar-refractivity contribution is 5.89. The molecule has 24 heavy (non-hydrogen) atoms. The van der Waals surface area contributed by atoms with Gasteiger partial charge in [0.25, 0.3) is 0 Å². The quantitative estimate of drug-likeness (QED) is 0.937. The third-order valence-electron chi connectivity index (χ3n) is 4.34. The molecule has 0 saturated carbocycles. The molecule has 0 atom stereocenters. The van der Waals surface area contributed by atoms with Crippen LogP contribution >= 0.6 is 0 Å². The fourth-order valence-electron chi connectivity index (χ4n) is 2.79. The van der Waals surface area contributed by atoms with Crippen LogP contribution in [-0.4, -0.2) is 42.3 Å². The number of nitrogens with zero attached hydrogens (tertiary/aromatic N) is 3. The lowest BCUT2D eigenvalue weighted by atomic mass is 10.0. The molecule has 1 aliphatic rings. The van der Waals surface area contributed by atoms with Crippen LogP contribution in [0.15, 0.2) is 34.9 Å². The highest BCUT2D eigenvalue weighted by Gasteiger charge is 2.22. The Bertz CT molecular complexity index is 685. The van der Waals surface area contributed by atoms with Crippen LogP contribution in [0.4, 0.5) is 16.3 Å². The Morgan fingerprint density at radius 1 is 1.17 bits per heavy atom. The minimum atomic E-state index is -0.0525. The number of carbonyl (C=O) groups is 1. The van der Waals surface area contributed by atoms with E-state index >= 15 is 0 Å². The first-order valence-electron chi connectivity index (χ1n) is 8.37. The minimum absolute atomic E-state index is 0.0525. The van der Waals surface area contributed by atoms with Gasteiger partial charge in [-0.05, 0) is 30.5 Å². The zero-order valence-corrected chi connectivity index (χ0v) is 14.5. The number of anilines is 2. The summed E-state index contributed by atoms with van der Waals surface area (Å²) in [6, 6.07) is 9.91. The van der Waals surface area contributed by atoms with E-state index in [9.17, 15) is 4.79 Å². The minimum Gasteiger partial charge on any atom is -0.360 e. The lowest BCUT2D eigenvalue weighted by Gasteiger charge is -2.34. The fraction of sp³-hybridized carbons (Fsp3) is 0.444. The van der Waals surface area contributed by atoms with Crippen LogP contribution < -0.4 is 10.2 Å². The fourth-order valence-corrected chi connectivity index (χ4v) is 2.79. The van der Waals surface area contributed by atoms with E-state index < -0.39 is 0 Å². The molecule has 0 spiro atoms. The Labute approximate surface area is 142 Å². The second-order valence-corrected chi connectivity index (χ2v) is 6.48. The van der Waals surface area contributed by atoms with Gasteiger partial charge in [-0.25, -0.2) is 4.79 Å². The molecule has 6 nitrogen and oxygen atoms in total. The molecule has 0 aliphatic carbocycles. The number of carbonyl (C=O) groups excluding carboxylic acids is 1. The first-order valence-corrected chi connectivity index (χ1v) is 8.37. The molecule has 128 valence electrons. The van der Waals surface area contributed by atoms with Gasteiger partial charge in [-0.2, -0.15) is 0 Å². The van der Waals surface area contributed by atoms with Crippen LogP contribution in [0.5, 0.6) is 0 Å². The van der Waals surface area contributed by atoms with Crippen LogP contribution in [0.2, 0.25) is 0 Å². The molecular weight excluding hydrogens is 304 g/mol. The molecule has 1 fully saturated rings. The second kappa shape index (κ2) is 6.95. The molecule has 3 rings (SSSR count). The molecule has 6 heteroatoms. The van der Waals surface area contributed by atoms with Crippen LogP contribution in [0.3, 0.4) is 0 Å². The number of urea groups is 1. The number of benzene rings is 1. The number of hydrogen-bond acceptors (Lipinski definition) is 4. The monoisotopic (exact) mass is 328 g/mol. The molecule has 1 saturated heterocycles. The third kappa shape index (κ3) is 3.69. The Morgan fingerprint density at radius 3 is 2.38 bits per heavy atom. The van der Waals surface area contributed by atoms with Crippen molar-refractivity contribution in [3.8, 4) is 0 Å². The van der Waals surface area contributed by atoms with E-state index in [0.29, 0.717) is 19.0 Å². The summed E-state index contributed by atoms with van der Waals surface area (Å²) in [7, 11) is 0. The topological polar surface area (TPSA) is 61.6 Å². The SMILES string of the molecule is Cc1cc(N2CCN(C(=O)Nc3ccc(C(C)C)cc3)CC2)no1. The lowest BCUT2D eigenvalue weighted by molar-refractivity contribution is 0.208. The molecule has 1 aromatic carbocycles. The van der Waals surface area contributed by atoms with E-state index in [1.165, 1.54) is 5.56 Å². The lowest BCUT2D eigenvalue weighted by Crippen LogP contribution is -2.50. The number of hydrogen-bond donors (Lipinski definition) is 1. The van der Waals surface area contributed by atoms with E-state index in [-0.39, 0.29) is 6.03 Å². The number of rotatable bonds is 3. The van der Waals surface area contributed by atoms with E-state index in [0.717, 1.165) is 30.4 Å². The zero-order chi connectivity index (χ0) is 17.1. The summed E-state index contributed by atoms with van der Waals surface area (Å²) >= 11 is 0. The van der Waals surface area contributed by atoms with Crippen molar-refractivity contribution in [2.75, 3.05) is 36.4 Å². The average Bonchev–Trinajstić information content (AvgIpc) is 3.02. The van der Waals surface area contributed by atoms with Gasteiger partial charge in [0, 0.05) is 37.9 Å². The smallest absolute Gasteiger partial charge is 0.321 e. The maximum absolute atomic E-state index is 12.4. The first-order chi connectivity index (χ1) is 11.5. The normalized spacial score (nSPS) is 15.0. The molecule has 1 N–H and O–H groups in total. The number of aromatic nitrogens is 1. The van der Waals surface area contributed by atoms with Crippen molar-refractivity contribution >= 4 is 17.5 Å². The van der Waals surface area contributed by atoms with Crippen molar-refractivity contribution < 1.29 is 9.32 Å². The van der Waals surface area contributed by atoms with Crippen LogP contribution in [-0.2, 0) is 0 Å². The number of nitrogens with one attached hydrogen (secondary N) is 1. The summed E-state index contributed by atoms with van der Waals surface area (Å²) < 4.78 is 5.11. The Balaban J connectivity index is 1.53. The average molecular weight is 328 g/mol. The zero-order valence-electron chi connectivity index (χ0n) is 14.5. The van der Waals surface area contributed by atoms with Crippen molar-refractivity contribution in [3.05, 3.63) is 41.7 Å². The summed E-state index contributed by atoms with van der Waals surface area (Å²) in [5, 5.41) is 7.00. The number of piperazine rings is 1. The van der Waals surface area contributed by atoms with Crippen molar-refractivity contribution in [2.45, 2.75) is 26.7 Å². The summed E-state index contributed by atoms with van der Waals surface area (Å²) in [6.07, 6.45) is 0. The summed E-state index contributed by atoms with van der Waals surface area (Å²) in [5.41, 5.74) is 2.10. The van der Waals surface area contributed by atoms with Crippen LogP contribution in [0, 0.1) is 6.92 Å². The van der Waals surface area contributed by atoms with Gasteiger partial charge in [0.2, 0.25) is 0 Å². The number of aryl methyl sites for hydroxylation is 1. The highest BCUT2D eigenvalue weighted by atomic mass is 16.5. The van der Waals surface area contributed by atoms with Crippen LogP contribution in [0.1, 0.15) is 31.1 Å². The maximum atomic E-state index is 12.4. The van der Waals surface area contributed by atoms with Gasteiger partial charge in [-0.1, -0.05) is 31.1 Å². The van der Waals surface area contributed by atoms with Gasteiger partial charge in [0.15, 0.2) is 5.82 Å². The summed E-state index contributed by atoms with van der Waals surface area (Å²) in [6.45, 7) is 9.04. The molecule has 0 bridgehead atoms. The van der Waals surface area contributed by atoms with Gasteiger partial charge in [-0.15, -0.1) is 0 Å². The van der Waals surface area contributed by atoms with Gasteiger partial charge < -0.3 is 19.6 Å². The van der Waals surface area contributed by atoms with Crippen molar-refractivity contribution in [1.82, 2.24) is 10.1 Å². The van der Waals surface area contributed by atoms with E-state index in [2.05, 4.69) is 41.4 Å². The first kappa shape index (κ1) is 16.4.